The number of esters is 2. The fourth-order valence-electron chi connectivity index (χ4n) is 4.88. The van der Waals surface area contributed by atoms with Crippen molar-refractivity contribution in [1.29, 1.82) is 0 Å². The van der Waals surface area contributed by atoms with Gasteiger partial charge in [-0.2, -0.15) is 0 Å². The lowest BCUT2D eigenvalue weighted by atomic mass is 9.96. The van der Waals surface area contributed by atoms with Gasteiger partial charge in [-0.05, 0) is 31.1 Å². The van der Waals surface area contributed by atoms with Gasteiger partial charge in [0.2, 0.25) is 0 Å². The van der Waals surface area contributed by atoms with E-state index in [9.17, 15) is 9.59 Å². The molecule has 0 fully saturated rings. The molecule has 4 heteroatoms. The van der Waals surface area contributed by atoms with Crippen molar-refractivity contribution in [3.05, 3.63) is 0 Å². The van der Waals surface area contributed by atoms with Gasteiger partial charge in [0.05, 0.1) is 6.61 Å². The highest BCUT2D eigenvalue weighted by Gasteiger charge is 2.21. The Morgan fingerprint density at radius 1 is 0.500 bits per heavy atom. The van der Waals surface area contributed by atoms with Crippen LogP contribution in [0, 0.1) is 11.8 Å². The minimum absolute atomic E-state index is 0.0156. The fraction of sp³-hybridized carbons (Fsp3) is 0.938. The molecule has 0 spiro atoms. The van der Waals surface area contributed by atoms with Gasteiger partial charge in [0, 0.05) is 12.8 Å². The SMILES string of the molecule is CCCCCCCCCCCCCCCOC(=O)CCCCCCCCC(=O)OC(C(C)C)C(C)C. The molecule has 0 aliphatic heterocycles. The average molecular weight is 511 g/mol. The van der Waals surface area contributed by atoms with Gasteiger partial charge in [-0.25, -0.2) is 0 Å². The topological polar surface area (TPSA) is 52.6 Å². The summed E-state index contributed by atoms with van der Waals surface area (Å²) in [6.07, 6.45) is 24.5. The smallest absolute Gasteiger partial charge is 0.306 e. The largest absolute Gasteiger partial charge is 0.466 e. The lowest BCUT2D eigenvalue weighted by molar-refractivity contribution is -0.154. The van der Waals surface area contributed by atoms with E-state index in [1.807, 2.05) is 0 Å². The molecule has 0 heterocycles. The van der Waals surface area contributed by atoms with E-state index in [2.05, 4.69) is 34.6 Å². The van der Waals surface area contributed by atoms with Crippen LogP contribution in [0.4, 0.5) is 0 Å². The Bertz CT molecular complexity index is 492. The minimum atomic E-state index is -0.0614. The van der Waals surface area contributed by atoms with Crippen molar-refractivity contribution in [3.8, 4) is 0 Å². The zero-order valence-electron chi connectivity index (χ0n) is 24.9. The van der Waals surface area contributed by atoms with Gasteiger partial charge in [0.1, 0.15) is 6.10 Å². The number of carbonyl (C=O) groups excluding carboxylic acids is 2. The van der Waals surface area contributed by atoms with Crippen LogP contribution in [0.5, 0.6) is 0 Å². The van der Waals surface area contributed by atoms with Gasteiger partial charge in [-0.3, -0.25) is 9.59 Å². The first-order valence-electron chi connectivity index (χ1n) is 15.7. The third-order valence-electron chi connectivity index (χ3n) is 7.10. The number of unbranched alkanes of at least 4 members (excludes halogenated alkanes) is 17. The Hall–Kier alpha value is -1.06. The maximum Gasteiger partial charge on any atom is 0.306 e. The molecule has 0 aromatic heterocycles. The van der Waals surface area contributed by atoms with Crippen LogP contribution >= 0.6 is 0 Å². The van der Waals surface area contributed by atoms with E-state index in [-0.39, 0.29) is 18.0 Å². The zero-order chi connectivity index (χ0) is 26.9. The summed E-state index contributed by atoms with van der Waals surface area (Å²) in [5.41, 5.74) is 0. The molecule has 0 amide bonds. The summed E-state index contributed by atoms with van der Waals surface area (Å²) >= 11 is 0. The van der Waals surface area contributed by atoms with Gasteiger partial charge in [-0.1, -0.05) is 137 Å². The predicted octanol–water partition coefficient (Wildman–Crippen LogP) is 9.97. The molecule has 0 saturated heterocycles. The molecule has 214 valence electrons. The summed E-state index contributed by atoms with van der Waals surface area (Å²) in [5, 5.41) is 0. The second kappa shape index (κ2) is 25.6. The quantitative estimate of drug-likeness (QED) is 0.0858. The van der Waals surface area contributed by atoms with Crippen LogP contribution in [-0.4, -0.2) is 24.6 Å². The maximum atomic E-state index is 12.0. The number of ether oxygens (including phenoxy) is 2. The van der Waals surface area contributed by atoms with Crippen LogP contribution in [0.1, 0.15) is 169 Å². The number of rotatable bonds is 26. The van der Waals surface area contributed by atoms with Crippen LogP contribution in [-0.2, 0) is 19.1 Å². The molecule has 0 aliphatic carbocycles. The molecule has 0 unspecified atom stereocenters. The van der Waals surface area contributed by atoms with Crippen molar-refractivity contribution < 1.29 is 19.1 Å². The van der Waals surface area contributed by atoms with E-state index >= 15 is 0 Å². The molecule has 0 bridgehead atoms. The van der Waals surface area contributed by atoms with Crippen LogP contribution < -0.4 is 0 Å². The summed E-state index contributed by atoms with van der Waals surface area (Å²) in [5.74, 6) is 0.611. The monoisotopic (exact) mass is 510 g/mol. The lowest BCUT2D eigenvalue weighted by Gasteiger charge is -2.24. The molecule has 0 radical (unpaired) electrons. The van der Waals surface area contributed by atoms with Crippen molar-refractivity contribution in [2.24, 2.45) is 11.8 Å². The molecular formula is C32H62O4. The first-order valence-corrected chi connectivity index (χ1v) is 15.7. The minimum Gasteiger partial charge on any atom is -0.466 e. The summed E-state index contributed by atoms with van der Waals surface area (Å²) < 4.78 is 11.0. The summed E-state index contributed by atoms with van der Waals surface area (Å²) in [6, 6.07) is 0. The van der Waals surface area contributed by atoms with Gasteiger partial charge in [0.15, 0.2) is 0 Å². The van der Waals surface area contributed by atoms with Gasteiger partial charge >= 0.3 is 11.9 Å². The van der Waals surface area contributed by atoms with Crippen LogP contribution in [0.3, 0.4) is 0 Å². The van der Waals surface area contributed by atoms with E-state index in [1.165, 1.54) is 77.0 Å². The standard InChI is InChI=1S/C32H62O4/c1-6-7-8-9-10-11-12-13-14-15-18-21-24-27-35-30(33)25-22-19-16-17-20-23-26-31(34)36-32(28(2)3)29(4)5/h28-29,32H,6-27H2,1-5H3. The van der Waals surface area contributed by atoms with Gasteiger partial charge < -0.3 is 9.47 Å². The average Bonchev–Trinajstić information content (AvgIpc) is 2.83. The molecule has 0 aliphatic rings. The van der Waals surface area contributed by atoms with Gasteiger partial charge in [0.25, 0.3) is 0 Å². The fourth-order valence-corrected chi connectivity index (χ4v) is 4.88. The maximum absolute atomic E-state index is 12.0. The Morgan fingerprint density at radius 3 is 1.28 bits per heavy atom. The van der Waals surface area contributed by atoms with Crippen molar-refractivity contribution >= 4 is 11.9 Å². The van der Waals surface area contributed by atoms with E-state index < -0.39 is 0 Å². The highest BCUT2D eigenvalue weighted by molar-refractivity contribution is 5.69. The molecule has 0 rings (SSSR count). The molecule has 0 aromatic carbocycles. The first-order chi connectivity index (χ1) is 17.4. The predicted molar refractivity (Wildman–Crippen MR) is 153 cm³/mol. The molecule has 36 heavy (non-hydrogen) atoms. The molecular weight excluding hydrogens is 448 g/mol. The molecule has 4 nitrogen and oxygen atoms in total. The van der Waals surface area contributed by atoms with E-state index in [1.54, 1.807) is 0 Å². The molecule has 0 aromatic rings. The number of hydrogen-bond acceptors (Lipinski definition) is 4. The van der Waals surface area contributed by atoms with E-state index in [0.717, 1.165) is 44.9 Å². The summed E-state index contributed by atoms with van der Waals surface area (Å²) in [7, 11) is 0. The number of carbonyl (C=O) groups is 2. The summed E-state index contributed by atoms with van der Waals surface area (Å²) in [4.78, 5) is 23.9. The van der Waals surface area contributed by atoms with Crippen molar-refractivity contribution in [1.82, 2.24) is 0 Å². The Labute approximate surface area is 225 Å². The second-order valence-corrected chi connectivity index (χ2v) is 11.5. The number of hydrogen-bond donors (Lipinski definition) is 0. The highest BCUT2D eigenvalue weighted by atomic mass is 16.5. The second-order valence-electron chi connectivity index (χ2n) is 11.5. The Kier molecular flexibility index (Phi) is 24.8. The third-order valence-corrected chi connectivity index (χ3v) is 7.10. The third kappa shape index (κ3) is 23.3. The van der Waals surface area contributed by atoms with Crippen LogP contribution in [0.25, 0.3) is 0 Å². The Morgan fingerprint density at radius 2 is 0.861 bits per heavy atom. The normalized spacial score (nSPS) is 11.6. The van der Waals surface area contributed by atoms with Crippen molar-refractivity contribution in [2.45, 2.75) is 176 Å². The molecule has 0 N–H and O–H groups in total. The van der Waals surface area contributed by atoms with E-state index in [0.29, 0.717) is 31.3 Å². The highest BCUT2D eigenvalue weighted by Crippen LogP contribution is 2.18. The van der Waals surface area contributed by atoms with Crippen LogP contribution in [0.15, 0.2) is 0 Å². The van der Waals surface area contributed by atoms with Crippen molar-refractivity contribution in [3.63, 3.8) is 0 Å². The zero-order valence-corrected chi connectivity index (χ0v) is 24.9. The molecule has 0 saturated carbocycles. The van der Waals surface area contributed by atoms with Crippen LogP contribution in [0.2, 0.25) is 0 Å². The lowest BCUT2D eigenvalue weighted by Crippen LogP contribution is -2.28. The van der Waals surface area contributed by atoms with Gasteiger partial charge in [-0.15, -0.1) is 0 Å². The molecule has 0 atom stereocenters. The Balaban J connectivity index is 3.37. The van der Waals surface area contributed by atoms with E-state index in [4.69, 9.17) is 9.47 Å². The first kappa shape index (κ1) is 34.9. The summed E-state index contributed by atoms with van der Waals surface area (Å²) in [6.45, 7) is 11.3. The van der Waals surface area contributed by atoms with Crippen molar-refractivity contribution in [2.75, 3.05) is 6.61 Å².